The lowest BCUT2D eigenvalue weighted by atomic mass is 10.1. The van der Waals surface area contributed by atoms with Crippen LogP contribution in [0.5, 0.6) is 11.6 Å². The van der Waals surface area contributed by atoms with Crippen molar-refractivity contribution in [3.63, 3.8) is 0 Å². The molecule has 0 saturated heterocycles. The molecule has 1 atom stereocenters. The minimum absolute atomic E-state index is 0.103. The summed E-state index contributed by atoms with van der Waals surface area (Å²) < 4.78 is 5.80. The van der Waals surface area contributed by atoms with E-state index in [0.29, 0.717) is 22.2 Å². The number of carbonyl (C=O) groups excluding carboxylic acids is 2. The predicted octanol–water partition coefficient (Wildman–Crippen LogP) is 4.43. The standard InChI is InChI=1S/C27H29ClN4O4/c1-3-4-19-7-9-24(22(28)15-19)36-25-10-8-20(17-31-25)6-5-18(2)32-26(34)21-11-12-29-23(16-21)27(35)30-13-14-33/h5-12,15-18,33H,3-4,13-14H2,1-2H3,(H,30,35)(H,32,34)/b6-5+/t18-/m0/s1. The number of aliphatic hydroxyl groups excluding tert-OH is 1. The van der Waals surface area contributed by atoms with Gasteiger partial charge in [0, 0.05) is 36.6 Å². The molecule has 0 fully saturated rings. The molecule has 0 saturated carbocycles. The van der Waals surface area contributed by atoms with Gasteiger partial charge in [0.05, 0.1) is 11.6 Å². The number of pyridine rings is 2. The summed E-state index contributed by atoms with van der Waals surface area (Å²) in [5.41, 5.74) is 2.41. The first-order chi connectivity index (χ1) is 17.4. The van der Waals surface area contributed by atoms with E-state index in [1.807, 2.05) is 43.3 Å². The van der Waals surface area contributed by atoms with E-state index in [1.54, 1.807) is 12.3 Å². The highest BCUT2D eigenvalue weighted by Gasteiger charge is 2.13. The molecule has 2 aromatic heterocycles. The highest BCUT2D eigenvalue weighted by Crippen LogP contribution is 2.29. The summed E-state index contributed by atoms with van der Waals surface area (Å²) in [4.78, 5) is 32.9. The molecule has 36 heavy (non-hydrogen) atoms. The maximum atomic E-state index is 12.6. The number of carbonyl (C=O) groups is 2. The van der Waals surface area contributed by atoms with Gasteiger partial charge < -0.3 is 20.5 Å². The Morgan fingerprint density at radius 3 is 2.67 bits per heavy atom. The highest BCUT2D eigenvalue weighted by molar-refractivity contribution is 6.32. The number of halogens is 1. The summed E-state index contributed by atoms with van der Waals surface area (Å²) >= 11 is 6.33. The average Bonchev–Trinajstić information content (AvgIpc) is 2.88. The van der Waals surface area contributed by atoms with Crippen molar-refractivity contribution in [1.82, 2.24) is 20.6 Å². The molecule has 188 valence electrons. The van der Waals surface area contributed by atoms with Crippen LogP contribution in [0.1, 0.15) is 52.2 Å². The zero-order chi connectivity index (χ0) is 25.9. The van der Waals surface area contributed by atoms with Gasteiger partial charge in [-0.05, 0) is 54.8 Å². The average molecular weight is 509 g/mol. The van der Waals surface area contributed by atoms with Gasteiger partial charge in [0.25, 0.3) is 11.8 Å². The fourth-order valence-corrected chi connectivity index (χ4v) is 3.53. The first kappa shape index (κ1) is 26.8. The van der Waals surface area contributed by atoms with Crippen molar-refractivity contribution in [3.8, 4) is 11.6 Å². The molecule has 1 aromatic carbocycles. The van der Waals surface area contributed by atoms with Crippen LogP contribution in [0.4, 0.5) is 0 Å². The topological polar surface area (TPSA) is 113 Å². The number of amides is 2. The molecule has 0 aliphatic heterocycles. The number of aryl methyl sites for hydroxylation is 1. The summed E-state index contributed by atoms with van der Waals surface area (Å²) in [6, 6.07) is 12.0. The molecule has 2 heterocycles. The molecule has 0 spiro atoms. The molecule has 0 bridgehead atoms. The number of ether oxygens (including phenoxy) is 1. The maximum absolute atomic E-state index is 12.6. The van der Waals surface area contributed by atoms with E-state index in [9.17, 15) is 9.59 Å². The smallest absolute Gasteiger partial charge is 0.269 e. The number of nitrogens with zero attached hydrogens (tertiary/aromatic N) is 2. The van der Waals surface area contributed by atoms with Crippen LogP contribution in [0.2, 0.25) is 5.02 Å². The van der Waals surface area contributed by atoms with Crippen molar-refractivity contribution >= 4 is 29.5 Å². The Morgan fingerprint density at radius 1 is 1.14 bits per heavy atom. The summed E-state index contributed by atoms with van der Waals surface area (Å²) in [7, 11) is 0. The van der Waals surface area contributed by atoms with Crippen molar-refractivity contribution in [2.24, 2.45) is 0 Å². The molecule has 0 unspecified atom stereocenters. The molecule has 3 aromatic rings. The van der Waals surface area contributed by atoms with Crippen LogP contribution < -0.4 is 15.4 Å². The molecule has 3 rings (SSSR count). The number of hydrogen-bond donors (Lipinski definition) is 3. The van der Waals surface area contributed by atoms with E-state index >= 15 is 0 Å². The minimum Gasteiger partial charge on any atom is -0.437 e. The summed E-state index contributed by atoms with van der Waals surface area (Å²) in [6.45, 7) is 3.88. The van der Waals surface area contributed by atoms with Gasteiger partial charge in [-0.3, -0.25) is 14.6 Å². The van der Waals surface area contributed by atoms with Crippen molar-refractivity contribution in [1.29, 1.82) is 0 Å². The van der Waals surface area contributed by atoms with E-state index in [-0.39, 0.29) is 30.8 Å². The Balaban J connectivity index is 1.56. The van der Waals surface area contributed by atoms with Crippen LogP contribution in [0.15, 0.2) is 60.9 Å². The van der Waals surface area contributed by atoms with E-state index < -0.39 is 5.91 Å². The van der Waals surface area contributed by atoms with E-state index in [1.165, 1.54) is 18.3 Å². The Bertz CT molecular complexity index is 1210. The van der Waals surface area contributed by atoms with Gasteiger partial charge in [0.1, 0.15) is 11.4 Å². The first-order valence-electron chi connectivity index (χ1n) is 11.7. The lowest BCUT2D eigenvalue weighted by molar-refractivity contribution is 0.0939. The van der Waals surface area contributed by atoms with E-state index in [2.05, 4.69) is 27.5 Å². The lowest BCUT2D eigenvalue weighted by Crippen LogP contribution is -2.32. The van der Waals surface area contributed by atoms with E-state index in [0.717, 1.165) is 24.0 Å². The summed E-state index contributed by atoms with van der Waals surface area (Å²) in [5, 5.41) is 14.7. The minimum atomic E-state index is -0.456. The number of benzene rings is 1. The van der Waals surface area contributed by atoms with Crippen LogP contribution in [-0.4, -0.2) is 46.1 Å². The zero-order valence-electron chi connectivity index (χ0n) is 20.2. The molecule has 0 aliphatic carbocycles. The van der Waals surface area contributed by atoms with Crippen molar-refractivity contribution in [2.75, 3.05) is 13.2 Å². The Kier molecular flexibility index (Phi) is 9.97. The molecular weight excluding hydrogens is 480 g/mol. The first-order valence-corrected chi connectivity index (χ1v) is 12.0. The number of nitrogens with one attached hydrogen (secondary N) is 2. The van der Waals surface area contributed by atoms with Crippen LogP contribution in [0.3, 0.4) is 0 Å². The van der Waals surface area contributed by atoms with Gasteiger partial charge in [0.2, 0.25) is 5.88 Å². The lowest BCUT2D eigenvalue weighted by Gasteiger charge is -2.11. The van der Waals surface area contributed by atoms with Crippen LogP contribution in [-0.2, 0) is 6.42 Å². The Labute approximate surface area is 215 Å². The van der Waals surface area contributed by atoms with Gasteiger partial charge in [-0.15, -0.1) is 0 Å². The Morgan fingerprint density at radius 2 is 1.97 bits per heavy atom. The monoisotopic (exact) mass is 508 g/mol. The molecule has 9 heteroatoms. The third-order valence-electron chi connectivity index (χ3n) is 5.10. The van der Waals surface area contributed by atoms with Crippen LogP contribution in [0, 0.1) is 0 Å². The number of aromatic nitrogens is 2. The van der Waals surface area contributed by atoms with Gasteiger partial charge in [-0.25, -0.2) is 4.98 Å². The van der Waals surface area contributed by atoms with Gasteiger partial charge in [-0.2, -0.15) is 0 Å². The second-order valence-electron chi connectivity index (χ2n) is 8.08. The predicted molar refractivity (Wildman–Crippen MR) is 139 cm³/mol. The van der Waals surface area contributed by atoms with E-state index in [4.69, 9.17) is 21.4 Å². The SMILES string of the molecule is CCCc1ccc(Oc2ccc(/C=C/[C@H](C)NC(=O)c3ccnc(C(=O)NCCO)c3)cn2)c(Cl)c1. The third-order valence-corrected chi connectivity index (χ3v) is 5.39. The second kappa shape index (κ2) is 13.4. The number of aliphatic hydroxyl groups is 1. The summed E-state index contributed by atoms with van der Waals surface area (Å²) in [5.74, 6) is 0.181. The van der Waals surface area contributed by atoms with Crippen LogP contribution in [0.25, 0.3) is 6.08 Å². The largest absolute Gasteiger partial charge is 0.437 e. The highest BCUT2D eigenvalue weighted by atomic mass is 35.5. The van der Waals surface area contributed by atoms with Gasteiger partial charge in [0.15, 0.2) is 0 Å². The second-order valence-corrected chi connectivity index (χ2v) is 8.48. The van der Waals surface area contributed by atoms with Gasteiger partial charge >= 0.3 is 0 Å². The zero-order valence-corrected chi connectivity index (χ0v) is 21.0. The molecular formula is C27H29ClN4O4. The van der Waals surface area contributed by atoms with Crippen molar-refractivity contribution in [3.05, 3.63) is 88.3 Å². The molecule has 8 nitrogen and oxygen atoms in total. The van der Waals surface area contributed by atoms with Crippen molar-refractivity contribution < 1.29 is 19.4 Å². The Hall–Kier alpha value is -3.75. The van der Waals surface area contributed by atoms with Gasteiger partial charge in [-0.1, -0.05) is 43.2 Å². The fourth-order valence-electron chi connectivity index (χ4n) is 3.28. The maximum Gasteiger partial charge on any atom is 0.269 e. The number of rotatable bonds is 11. The molecule has 0 aliphatic rings. The number of hydrogen-bond acceptors (Lipinski definition) is 6. The third kappa shape index (κ3) is 7.90. The molecule has 3 N–H and O–H groups in total. The fraction of sp³-hybridized carbons (Fsp3) is 0.259. The molecule has 0 radical (unpaired) electrons. The quantitative estimate of drug-likeness (QED) is 0.353. The molecule has 2 amide bonds. The van der Waals surface area contributed by atoms with Crippen LogP contribution >= 0.6 is 11.6 Å². The summed E-state index contributed by atoms with van der Waals surface area (Å²) in [6.07, 6.45) is 8.74. The normalized spacial score (nSPS) is 11.8. The van der Waals surface area contributed by atoms with Crippen molar-refractivity contribution in [2.45, 2.75) is 32.7 Å².